The molecule has 13 heavy (non-hydrogen) atoms. The van der Waals surface area contributed by atoms with E-state index < -0.39 is 0 Å². The number of aldehydes is 2. The van der Waals surface area contributed by atoms with Gasteiger partial charge in [-0.3, -0.25) is 9.59 Å². The van der Waals surface area contributed by atoms with E-state index in [1.165, 1.54) is 11.5 Å². The molecule has 0 bridgehead atoms. The summed E-state index contributed by atoms with van der Waals surface area (Å²) in [4.78, 5) is 21.2. The summed E-state index contributed by atoms with van der Waals surface area (Å²) in [7, 11) is 0. The number of nitrogens with zero attached hydrogens (tertiary/aromatic N) is 1. The molecule has 0 saturated heterocycles. The summed E-state index contributed by atoms with van der Waals surface area (Å²) in [6, 6.07) is 3.24. The molecule has 1 heterocycles. The molecule has 0 unspecified atom stereocenters. The van der Waals surface area contributed by atoms with Crippen LogP contribution in [0.3, 0.4) is 0 Å². The Morgan fingerprint density at radius 2 is 1.85 bits per heavy atom. The third-order valence-corrected chi connectivity index (χ3v) is 2.48. The van der Waals surface area contributed by atoms with Crippen LogP contribution >= 0.6 is 11.5 Å². The largest absolute Gasteiger partial charge is 0.298 e. The molecule has 0 atom stereocenters. The highest BCUT2D eigenvalue weighted by Crippen LogP contribution is 2.21. The SMILES string of the molecule is O=Cc1ccc(C=O)c2nscc12. The minimum atomic E-state index is 0.529. The second kappa shape index (κ2) is 3.06. The summed E-state index contributed by atoms with van der Waals surface area (Å²) in [5.74, 6) is 0. The highest BCUT2D eigenvalue weighted by molar-refractivity contribution is 7.04. The lowest BCUT2D eigenvalue weighted by Crippen LogP contribution is -1.86. The molecule has 0 saturated carbocycles. The smallest absolute Gasteiger partial charge is 0.152 e. The van der Waals surface area contributed by atoms with Gasteiger partial charge in [0.25, 0.3) is 0 Å². The maximum atomic E-state index is 10.6. The number of aromatic nitrogens is 1. The average molecular weight is 191 g/mol. The van der Waals surface area contributed by atoms with Crippen molar-refractivity contribution in [2.75, 3.05) is 0 Å². The van der Waals surface area contributed by atoms with Crippen molar-refractivity contribution in [2.24, 2.45) is 0 Å². The van der Waals surface area contributed by atoms with Crippen LogP contribution in [-0.2, 0) is 0 Å². The second-order valence-electron chi connectivity index (χ2n) is 2.56. The molecular formula is C9H5NO2S. The van der Waals surface area contributed by atoms with Gasteiger partial charge in [-0.2, -0.15) is 4.37 Å². The van der Waals surface area contributed by atoms with E-state index in [1.807, 2.05) is 0 Å². The molecule has 0 N–H and O–H groups in total. The fourth-order valence-electron chi connectivity index (χ4n) is 1.20. The van der Waals surface area contributed by atoms with Gasteiger partial charge in [0, 0.05) is 21.9 Å². The van der Waals surface area contributed by atoms with Crippen molar-refractivity contribution >= 4 is 35.0 Å². The molecule has 0 aliphatic rings. The third-order valence-electron chi connectivity index (χ3n) is 1.85. The zero-order chi connectivity index (χ0) is 9.26. The minimum absolute atomic E-state index is 0.529. The van der Waals surface area contributed by atoms with Crippen molar-refractivity contribution in [3.05, 3.63) is 28.6 Å². The number of carbonyl (C=O) groups excluding carboxylic acids is 2. The van der Waals surface area contributed by atoms with Crippen LogP contribution in [0, 0.1) is 0 Å². The van der Waals surface area contributed by atoms with Gasteiger partial charge in [-0.05, 0) is 17.6 Å². The molecule has 64 valence electrons. The highest BCUT2D eigenvalue weighted by atomic mass is 32.1. The predicted octanol–water partition coefficient (Wildman–Crippen LogP) is 1.92. The van der Waals surface area contributed by atoms with Crippen LogP contribution in [0.1, 0.15) is 20.7 Å². The first-order valence-electron chi connectivity index (χ1n) is 3.64. The molecule has 0 aliphatic heterocycles. The van der Waals surface area contributed by atoms with Crippen molar-refractivity contribution < 1.29 is 9.59 Å². The number of fused-ring (bicyclic) bond motifs is 1. The Morgan fingerprint density at radius 3 is 2.54 bits per heavy atom. The van der Waals surface area contributed by atoms with Crippen LogP contribution in [0.25, 0.3) is 10.9 Å². The number of benzene rings is 1. The van der Waals surface area contributed by atoms with Crippen LogP contribution in [0.2, 0.25) is 0 Å². The van der Waals surface area contributed by atoms with Crippen LogP contribution in [-0.4, -0.2) is 16.9 Å². The van der Waals surface area contributed by atoms with Crippen LogP contribution in [0.4, 0.5) is 0 Å². The summed E-state index contributed by atoms with van der Waals surface area (Å²) in [5.41, 5.74) is 1.72. The van der Waals surface area contributed by atoms with Crippen molar-refractivity contribution in [1.82, 2.24) is 4.37 Å². The van der Waals surface area contributed by atoms with E-state index in [9.17, 15) is 9.59 Å². The van der Waals surface area contributed by atoms with E-state index in [0.717, 1.165) is 18.0 Å². The molecule has 0 amide bonds. The Morgan fingerprint density at radius 1 is 1.15 bits per heavy atom. The quantitative estimate of drug-likeness (QED) is 0.681. The standard InChI is InChI=1S/C9H5NO2S/c11-3-6-1-2-7(4-12)9-8(6)5-13-10-9/h1-5H. The number of hydrogen-bond acceptors (Lipinski definition) is 4. The van der Waals surface area contributed by atoms with Gasteiger partial charge >= 0.3 is 0 Å². The van der Waals surface area contributed by atoms with Gasteiger partial charge in [0.2, 0.25) is 0 Å². The zero-order valence-corrected chi connectivity index (χ0v) is 7.38. The topological polar surface area (TPSA) is 47.0 Å². The van der Waals surface area contributed by atoms with Gasteiger partial charge in [-0.25, -0.2) is 0 Å². The van der Waals surface area contributed by atoms with E-state index >= 15 is 0 Å². The normalized spacial score (nSPS) is 10.2. The molecule has 0 spiro atoms. The first kappa shape index (κ1) is 8.07. The first-order chi connectivity index (χ1) is 6.36. The van der Waals surface area contributed by atoms with Crippen molar-refractivity contribution in [2.45, 2.75) is 0 Å². The zero-order valence-electron chi connectivity index (χ0n) is 6.56. The lowest BCUT2D eigenvalue weighted by atomic mass is 10.1. The lowest BCUT2D eigenvalue weighted by Gasteiger charge is -1.94. The monoisotopic (exact) mass is 191 g/mol. The van der Waals surface area contributed by atoms with E-state index in [0.29, 0.717) is 16.6 Å². The van der Waals surface area contributed by atoms with E-state index in [-0.39, 0.29) is 0 Å². The average Bonchev–Trinajstić information content (AvgIpc) is 2.64. The molecule has 3 nitrogen and oxygen atoms in total. The summed E-state index contributed by atoms with van der Waals surface area (Å²) < 4.78 is 4.05. The molecule has 1 aromatic carbocycles. The van der Waals surface area contributed by atoms with Gasteiger partial charge < -0.3 is 0 Å². The highest BCUT2D eigenvalue weighted by Gasteiger charge is 2.06. The van der Waals surface area contributed by atoms with E-state index in [2.05, 4.69) is 4.37 Å². The van der Waals surface area contributed by atoms with Crippen LogP contribution < -0.4 is 0 Å². The lowest BCUT2D eigenvalue weighted by molar-refractivity contribution is 0.111. The summed E-state index contributed by atoms with van der Waals surface area (Å²) in [6.45, 7) is 0. The Bertz CT molecular complexity index is 433. The number of hydrogen-bond donors (Lipinski definition) is 0. The maximum absolute atomic E-state index is 10.6. The Hall–Kier alpha value is -1.55. The number of carbonyl (C=O) groups is 2. The van der Waals surface area contributed by atoms with Crippen molar-refractivity contribution in [3.8, 4) is 0 Å². The molecule has 0 radical (unpaired) electrons. The maximum Gasteiger partial charge on any atom is 0.152 e. The molecular weight excluding hydrogens is 186 g/mol. The fraction of sp³-hybridized carbons (Fsp3) is 0. The summed E-state index contributed by atoms with van der Waals surface area (Å²) in [5, 5.41) is 2.52. The molecule has 0 aliphatic carbocycles. The Balaban J connectivity index is 2.88. The molecule has 1 aromatic heterocycles. The molecule has 4 heteroatoms. The fourth-order valence-corrected chi connectivity index (χ4v) is 1.91. The van der Waals surface area contributed by atoms with Gasteiger partial charge in [0.05, 0.1) is 5.52 Å². The first-order valence-corrected chi connectivity index (χ1v) is 4.48. The van der Waals surface area contributed by atoms with E-state index in [4.69, 9.17) is 0 Å². The summed E-state index contributed by atoms with van der Waals surface area (Å²) >= 11 is 1.24. The van der Waals surface area contributed by atoms with Crippen molar-refractivity contribution in [3.63, 3.8) is 0 Å². The predicted molar refractivity (Wildman–Crippen MR) is 50.4 cm³/mol. The van der Waals surface area contributed by atoms with Crippen LogP contribution in [0.5, 0.6) is 0 Å². The van der Waals surface area contributed by atoms with Crippen molar-refractivity contribution in [1.29, 1.82) is 0 Å². The minimum Gasteiger partial charge on any atom is -0.298 e. The van der Waals surface area contributed by atoms with Crippen LogP contribution in [0.15, 0.2) is 17.5 Å². The number of rotatable bonds is 2. The Kier molecular flexibility index (Phi) is 1.90. The third kappa shape index (κ3) is 1.15. The molecule has 0 fully saturated rings. The molecule has 2 rings (SSSR count). The van der Waals surface area contributed by atoms with Gasteiger partial charge in [-0.1, -0.05) is 6.07 Å². The van der Waals surface area contributed by atoms with Gasteiger partial charge in [0.15, 0.2) is 12.6 Å². The van der Waals surface area contributed by atoms with E-state index in [1.54, 1.807) is 17.5 Å². The molecule has 2 aromatic rings. The Labute approximate surface area is 78.2 Å². The van der Waals surface area contributed by atoms with Gasteiger partial charge in [-0.15, -0.1) is 0 Å². The summed E-state index contributed by atoms with van der Waals surface area (Å²) in [6.07, 6.45) is 1.52. The van der Waals surface area contributed by atoms with Gasteiger partial charge in [0.1, 0.15) is 0 Å². The second-order valence-corrected chi connectivity index (χ2v) is 3.19.